The SMILES string of the molecule is CC(C)c1nc(CN2CCC[C@@](CO)(CC3CC3)C2)co1. The van der Waals surface area contributed by atoms with Crippen molar-refractivity contribution in [3.8, 4) is 0 Å². The number of rotatable bonds is 6. The van der Waals surface area contributed by atoms with Gasteiger partial charge in [-0.05, 0) is 31.7 Å². The Kier molecular flexibility index (Phi) is 4.36. The molecule has 1 saturated heterocycles. The smallest absolute Gasteiger partial charge is 0.196 e. The zero-order valence-corrected chi connectivity index (χ0v) is 13.3. The monoisotopic (exact) mass is 292 g/mol. The molecule has 4 nitrogen and oxygen atoms in total. The van der Waals surface area contributed by atoms with Gasteiger partial charge >= 0.3 is 0 Å². The molecule has 1 aromatic heterocycles. The molecule has 2 aliphatic rings. The van der Waals surface area contributed by atoms with Gasteiger partial charge in [-0.1, -0.05) is 26.7 Å². The fraction of sp³-hybridized carbons (Fsp3) is 0.824. The third-order valence-electron chi connectivity index (χ3n) is 4.94. The Balaban J connectivity index is 1.61. The average molecular weight is 292 g/mol. The number of nitrogens with zero attached hydrogens (tertiary/aromatic N) is 2. The van der Waals surface area contributed by atoms with Crippen molar-refractivity contribution in [1.29, 1.82) is 0 Å². The number of hydrogen-bond donors (Lipinski definition) is 1. The lowest BCUT2D eigenvalue weighted by atomic mass is 9.76. The van der Waals surface area contributed by atoms with E-state index in [1.807, 2.05) is 0 Å². The molecular formula is C17H28N2O2. The third-order valence-corrected chi connectivity index (χ3v) is 4.94. The minimum absolute atomic E-state index is 0.129. The van der Waals surface area contributed by atoms with Crippen LogP contribution in [-0.2, 0) is 6.54 Å². The Bertz CT molecular complexity index is 467. The van der Waals surface area contributed by atoms with Crippen LogP contribution in [0.3, 0.4) is 0 Å². The molecule has 1 N–H and O–H groups in total. The van der Waals surface area contributed by atoms with E-state index in [1.165, 1.54) is 32.1 Å². The molecule has 0 amide bonds. The van der Waals surface area contributed by atoms with Crippen molar-refractivity contribution < 1.29 is 9.52 Å². The lowest BCUT2D eigenvalue weighted by Gasteiger charge is -2.42. The van der Waals surface area contributed by atoms with Crippen LogP contribution in [0.2, 0.25) is 0 Å². The molecule has 3 rings (SSSR count). The Morgan fingerprint density at radius 1 is 1.48 bits per heavy atom. The van der Waals surface area contributed by atoms with Crippen LogP contribution in [0.15, 0.2) is 10.7 Å². The van der Waals surface area contributed by atoms with Crippen LogP contribution >= 0.6 is 0 Å². The van der Waals surface area contributed by atoms with Crippen molar-refractivity contribution in [3.63, 3.8) is 0 Å². The molecule has 0 spiro atoms. The summed E-state index contributed by atoms with van der Waals surface area (Å²) in [6.45, 7) is 7.49. The summed E-state index contributed by atoms with van der Waals surface area (Å²) in [6, 6.07) is 0. The largest absolute Gasteiger partial charge is 0.448 e. The molecule has 2 fully saturated rings. The molecule has 2 heterocycles. The van der Waals surface area contributed by atoms with E-state index in [9.17, 15) is 5.11 Å². The molecule has 0 aromatic carbocycles. The van der Waals surface area contributed by atoms with E-state index < -0.39 is 0 Å². The van der Waals surface area contributed by atoms with Gasteiger partial charge in [0.25, 0.3) is 0 Å². The molecular weight excluding hydrogens is 264 g/mol. The van der Waals surface area contributed by atoms with Crippen molar-refractivity contribution in [1.82, 2.24) is 9.88 Å². The minimum Gasteiger partial charge on any atom is -0.448 e. The second-order valence-corrected chi connectivity index (χ2v) is 7.45. The first-order valence-corrected chi connectivity index (χ1v) is 8.38. The second-order valence-electron chi connectivity index (χ2n) is 7.45. The maximum Gasteiger partial charge on any atom is 0.196 e. The van der Waals surface area contributed by atoms with Crippen molar-refractivity contribution in [2.75, 3.05) is 19.7 Å². The molecule has 1 atom stereocenters. The van der Waals surface area contributed by atoms with E-state index in [2.05, 4.69) is 23.7 Å². The van der Waals surface area contributed by atoms with Crippen LogP contribution in [-0.4, -0.2) is 34.7 Å². The Morgan fingerprint density at radius 3 is 2.90 bits per heavy atom. The van der Waals surface area contributed by atoms with E-state index in [0.717, 1.165) is 37.1 Å². The summed E-state index contributed by atoms with van der Waals surface area (Å²) >= 11 is 0. The summed E-state index contributed by atoms with van der Waals surface area (Å²) in [7, 11) is 0. The normalized spacial score (nSPS) is 27.4. The number of piperidine rings is 1. The molecule has 1 aliphatic carbocycles. The van der Waals surface area contributed by atoms with Crippen LogP contribution in [0.1, 0.15) is 63.5 Å². The molecule has 4 heteroatoms. The number of aromatic nitrogens is 1. The number of aliphatic hydroxyl groups excluding tert-OH is 1. The number of aliphatic hydroxyl groups is 1. The van der Waals surface area contributed by atoms with Crippen LogP contribution < -0.4 is 0 Å². The fourth-order valence-electron chi connectivity index (χ4n) is 3.63. The van der Waals surface area contributed by atoms with Crippen LogP contribution in [0.25, 0.3) is 0 Å². The Morgan fingerprint density at radius 2 is 2.29 bits per heavy atom. The molecule has 0 bridgehead atoms. The molecule has 21 heavy (non-hydrogen) atoms. The Labute approximate surface area is 127 Å². The van der Waals surface area contributed by atoms with E-state index in [-0.39, 0.29) is 5.41 Å². The van der Waals surface area contributed by atoms with Gasteiger partial charge in [-0.15, -0.1) is 0 Å². The van der Waals surface area contributed by atoms with E-state index >= 15 is 0 Å². The molecule has 0 radical (unpaired) electrons. The van der Waals surface area contributed by atoms with Crippen LogP contribution in [0.4, 0.5) is 0 Å². The predicted octanol–water partition coefficient (Wildman–Crippen LogP) is 3.17. The van der Waals surface area contributed by atoms with Crippen LogP contribution in [0, 0.1) is 11.3 Å². The number of hydrogen-bond acceptors (Lipinski definition) is 4. The maximum atomic E-state index is 9.92. The van der Waals surface area contributed by atoms with E-state index in [4.69, 9.17) is 4.42 Å². The first-order valence-electron chi connectivity index (χ1n) is 8.38. The molecule has 1 saturated carbocycles. The topological polar surface area (TPSA) is 49.5 Å². The van der Waals surface area contributed by atoms with Crippen molar-refractivity contribution in [2.24, 2.45) is 11.3 Å². The summed E-state index contributed by atoms with van der Waals surface area (Å²) in [5.41, 5.74) is 1.16. The van der Waals surface area contributed by atoms with Crippen molar-refractivity contribution in [3.05, 3.63) is 17.8 Å². The fourth-order valence-corrected chi connectivity index (χ4v) is 3.63. The molecule has 1 aromatic rings. The first kappa shape index (κ1) is 15.0. The van der Waals surface area contributed by atoms with Crippen LogP contribution in [0.5, 0.6) is 0 Å². The zero-order valence-electron chi connectivity index (χ0n) is 13.3. The van der Waals surface area contributed by atoms with E-state index in [0.29, 0.717) is 12.5 Å². The van der Waals surface area contributed by atoms with Crippen molar-refractivity contribution >= 4 is 0 Å². The summed E-state index contributed by atoms with van der Waals surface area (Å²) in [5.74, 6) is 2.04. The zero-order chi connectivity index (χ0) is 14.9. The first-order chi connectivity index (χ1) is 10.1. The highest BCUT2D eigenvalue weighted by molar-refractivity contribution is 5.01. The summed E-state index contributed by atoms with van der Waals surface area (Å²) in [6.07, 6.45) is 8.09. The van der Waals surface area contributed by atoms with Gasteiger partial charge in [-0.25, -0.2) is 4.98 Å². The van der Waals surface area contributed by atoms with Gasteiger partial charge in [0.1, 0.15) is 6.26 Å². The summed E-state index contributed by atoms with van der Waals surface area (Å²) < 4.78 is 5.53. The minimum atomic E-state index is 0.129. The van der Waals surface area contributed by atoms with Crippen molar-refractivity contribution in [2.45, 2.75) is 58.4 Å². The number of likely N-dealkylation sites (tertiary alicyclic amines) is 1. The predicted molar refractivity (Wildman–Crippen MR) is 82.0 cm³/mol. The van der Waals surface area contributed by atoms with Gasteiger partial charge < -0.3 is 9.52 Å². The highest BCUT2D eigenvalue weighted by atomic mass is 16.3. The highest BCUT2D eigenvalue weighted by Crippen LogP contribution is 2.44. The van der Waals surface area contributed by atoms with Gasteiger partial charge in [-0.3, -0.25) is 4.90 Å². The summed E-state index contributed by atoms with van der Waals surface area (Å²) in [5, 5.41) is 9.92. The summed E-state index contributed by atoms with van der Waals surface area (Å²) in [4.78, 5) is 7.03. The van der Waals surface area contributed by atoms with E-state index in [1.54, 1.807) is 6.26 Å². The van der Waals surface area contributed by atoms with Gasteiger partial charge in [-0.2, -0.15) is 0 Å². The second kappa shape index (κ2) is 6.09. The lowest BCUT2D eigenvalue weighted by molar-refractivity contribution is 0.0175. The van der Waals surface area contributed by atoms with Gasteiger partial charge in [0.2, 0.25) is 0 Å². The number of oxazole rings is 1. The average Bonchev–Trinajstić information content (AvgIpc) is 3.14. The van der Waals surface area contributed by atoms with Gasteiger partial charge in [0, 0.05) is 31.0 Å². The standard InChI is InChI=1S/C17H28N2O2/c1-13(2)16-18-15(10-21-16)9-19-7-3-6-17(11-19,12-20)8-14-4-5-14/h10,13-14,20H,3-9,11-12H2,1-2H3/t17-/m1/s1. The Hall–Kier alpha value is -0.870. The van der Waals surface area contributed by atoms with Gasteiger partial charge in [0.05, 0.1) is 5.69 Å². The lowest BCUT2D eigenvalue weighted by Crippen LogP contribution is -2.45. The molecule has 0 unspecified atom stereocenters. The highest BCUT2D eigenvalue weighted by Gasteiger charge is 2.39. The third kappa shape index (κ3) is 3.67. The van der Waals surface area contributed by atoms with Gasteiger partial charge in [0.15, 0.2) is 5.89 Å². The molecule has 118 valence electrons. The quantitative estimate of drug-likeness (QED) is 0.875. The maximum absolute atomic E-state index is 9.92. The molecule has 1 aliphatic heterocycles.